The number of carbonyl (C=O) groups excluding carboxylic acids is 2. The summed E-state index contributed by atoms with van der Waals surface area (Å²) in [4.78, 5) is 28.9. The van der Waals surface area contributed by atoms with E-state index in [4.69, 9.17) is 9.47 Å². The van der Waals surface area contributed by atoms with E-state index >= 15 is 4.39 Å². The molecule has 33 heavy (non-hydrogen) atoms. The summed E-state index contributed by atoms with van der Waals surface area (Å²) in [6.07, 6.45) is -0.822. The molecule has 2 N–H and O–H groups in total. The van der Waals surface area contributed by atoms with E-state index in [1.54, 1.807) is 20.8 Å². The molecule has 0 saturated heterocycles. The van der Waals surface area contributed by atoms with Crippen LogP contribution in [0.2, 0.25) is 0 Å². The Balaban J connectivity index is 0.00000578. The first-order chi connectivity index (χ1) is 15.2. The van der Waals surface area contributed by atoms with Crippen molar-refractivity contribution >= 4 is 34.4 Å². The van der Waals surface area contributed by atoms with Crippen LogP contribution in [0.25, 0.3) is 0 Å². The topological polar surface area (TPSA) is 106 Å². The van der Waals surface area contributed by atoms with Crippen LogP contribution in [-0.4, -0.2) is 46.6 Å². The molecule has 1 aliphatic rings. The largest absolute Gasteiger partial charge is 0.444 e. The summed E-state index contributed by atoms with van der Waals surface area (Å²) < 4.78 is 38.8. The van der Waals surface area contributed by atoms with E-state index < -0.39 is 45.7 Å². The number of ether oxygens (including phenoxy) is 2. The first-order valence-corrected chi connectivity index (χ1v) is 11.6. The van der Waals surface area contributed by atoms with Gasteiger partial charge in [-0.1, -0.05) is 33.1 Å². The van der Waals surface area contributed by atoms with Crippen molar-refractivity contribution in [2.75, 3.05) is 18.1 Å². The number of carbonyl (C=O) groups is 2. The van der Waals surface area contributed by atoms with Crippen molar-refractivity contribution in [1.82, 2.24) is 5.32 Å². The Bertz CT molecular complexity index is 1070. The van der Waals surface area contributed by atoms with Gasteiger partial charge < -0.3 is 20.1 Å². The first kappa shape index (κ1) is 26.3. The number of benzene rings is 1. The Morgan fingerprint density at radius 1 is 1.33 bits per heavy atom. The van der Waals surface area contributed by atoms with Gasteiger partial charge in [-0.05, 0) is 32.9 Å². The minimum absolute atomic E-state index is 0. The predicted molar refractivity (Wildman–Crippen MR) is 129 cm³/mol. The van der Waals surface area contributed by atoms with Crippen LogP contribution in [-0.2, 0) is 25.1 Å². The molecule has 0 fully saturated rings. The number of anilines is 1. The lowest BCUT2D eigenvalue weighted by Crippen LogP contribution is -2.47. The molecule has 2 rings (SSSR count). The lowest BCUT2D eigenvalue weighted by Gasteiger charge is -2.22. The zero-order chi connectivity index (χ0) is 25.1. The first-order valence-electron chi connectivity index (χ1n) is 10.2. The molecule has 0 bridgehead atoms. The van der Waals surface area contributed by atoms with Gasteiger partial charge in [-0.25, -0.2) is 9.18 Å². The Morgan fingerprint density at radius 3 is 2.48 bits per heavy atom. The Kier molecular flexibility index (Phi) is 7.87. The molecule has 2 amide bonds. The third-order valence-corrected chi connectivity index (χ3v) is 5.84. The Labute approximate surface area is 198 Å². The molecule has 0 spiro atoms. The average Bonchev–Trinajstić information content (AvgIpc) is 2.77. The van der Waals surface area contributed by atoms with E-state index in [9.17, 15) is 13.8 Å². The average molecular weight is 484 g/mol. The van der Waals surface area contributed by atoms with Gasteiger partial charge in [-0.3, -0.25) is 14.0 Å². The zero-order valence-electron chi connectivity index (χ0n) is 19.9. The van der Waals surface area contributed by atoms with E-state index in [-0.39, 0.29) is 30.7 Å². The fourth-order valence-electron chi connectivity index (χ4n) is 2.87. The predicted octanol–water partition coefficient (Wildman–Crippen LogP) is 4.38. The van der Waals surface area contributed by atoms with Gasteiger partial charge in [0.05, 0.1) is 32.7 Å². The van der Waals surface area contributed by atoms with E-state index in [0.29, 0.717) is 5.76 Å². The van der Waals surface area contributed by atoms with Gasteiger partial charge in [0, 0.05) is 15.3 Å². The fraction of sp³-hybridized carbons (Fsp3) is 0.478. The van der Waals surface area contributed by atoms with Crippen molar-refractivity contribution in [3.05, 3.63) is 41.6 Å². The van der Waals surface area contributed by atoms with Crippen molar-refractivity contribution < 1.29 is 30.5 Å². The lowest BCUT2D eigenvalue weighted by atomic mass is 9.94. The van der Waals surface area contributed by atoms with Crippen LogP contribution < -0.4 is 10.6 Å². The molecule has 2 atom stereocenters. The number of allylic oxidation sites excluding steroid dienone is 1. The van der Waals surface area contributed by atoms with Gasteiger partial charge in [-0.15, -0.1) is 0 Å². The third-order valence-electron chi connectivity index (χ3n) is 4.37. The summed E-state index contributed by atoms with van der Waals surface area (Å²) in [5.41, 5.74) is 1.55. The molecule has 10 heteroatoms. The molecule has 0 aliphatic carbocycles. The van der Waals surface area contributed by atoms with Crippen LogP contribution in [0.1, 0.15) is 50.0 Å². The van der Waals surface area contributed by atoms with Crippen LogP contribution in [0.4, 0.5) is 14.9 Å². The molecule has 1 unspecified atom stereocenters. The number of halogens is 1. The molecule has 1 aromatic carbocycles. The number of alkyl carbamates (subject to hydrolysis) is 1. The van der Waals surface area contributed by atoms with Gasteiger partial charge >= 0.3 is 6.09 Å². The molecule has 184 valence electrons. The summed E-state index contributed by atoms with van der Waals surface area (Å²) in [5, 5.41) is 5.02. The van der Waals surface area contributed by atoms with E-state index in [2.05, 4.69) is 27.9 Å². The quantitative estimate of drug-likeness (QED) is 0.287. The monoisotopic (exact) mass is 483 g/mol. The molecule has 1 aromatic rings. The number of nitrogens with one attached hydrogen (secondary N) is 2. The second-order valence-electron chi connectivity index (χ2n) is 9.42. The number of rotatable bonds is 3. The Morgan fingerprint density at radius 2 is 1.97 bits per heavy atom. The SMILES string of the molecule is C=C=C(OC(=NC)c1cc2c(cc1F)S(=O)C[C@H](NC(=O)OC(C)(C)C)C(=O)N2)C(C)(C)C.[HH].[HH]. The van der Waals surface area contributed by atoms with Gasteiger partial charge in [0.15, 0.2) is 5.76 Å². The number of fused-ring (bicyclic) bond motifs is 1. The van der Waals surface area contributed by atoms with Gasteiger partial charge in [0.1, 0.15) is 17.5 Å². The van der Waals surface area contributed by atoms with Crippen LogP contribution in [0.5, 0.6) is 0 Å². The smallest absolute Gasteiger partial charge is 0.408 e. The highest BCUT2D eigenvalue weighted by atomic mass is 32.2. The van der Waals surface area contributed by atoms with Crippen molar-refractivity contribution in [2.45, 2.75) is 58.1 Å². The van der Waals surface area contributed by atoms with Crippen molar-refractivity contribution in [2.24, 2.45) is 10.4 Å². The number of nitrogens with zero attached hydrogens (tertiary/aromatic N) is 1. The second-order valence-corrected chi connectivity index (χ2v) is 10.9. The van der Waals surface area contributed by atoms with Crippen LogP contribution in [0, 0.1) is 11.2 Å². The van der Waals surface area contributed by atoms with Gasteiger partial charge in [-0.2, -0.15) is 0 Å². The third kappa shape index (κ3) is 6.76. The summed E-state index contributed by atoms with van der Waals surface area (Å²) >= 11 is 0. The summed E-state index contributed by atoms with van der Waals surface area (Å²) in [5.74, 6) is -1.28. The highest BCUT2D eigenvalue weighted by Crippen LogP contribution is 2.30. The van der Waals surface area contributed by atoms with Crippen LogP contribution in [0.15, 0.2) is 40.1 Å². The number of hydrogen-bond acceptors (Lipinski definition) is 6. The van der Waals surface area contributed by atoms with Crippen LogP contribution >= 0.6 is 0 Å². The van der Waals surface area contributed by atoms with Gasteiger partial charge in [0.25, 0.3) is 0 Å². The molecular weight excluding hydrogens is 449 g/mol. The number of aliphatic imine (C=N–C) groups is 1. The van der Waals surface area contributed by atoms with Crippen molar-refractivity contribution in [3.8, 4) is 0 Å². The lowest BCUT2D eigenvalue weighted by molar-refractivity contribution is -0.117. The van der Waals surface area contributed by atoms with E-state index in [1.165, 1.54) is 13.1 Å². The minimum Gasteiger partial charge on any atom is -0.444 e. The molecule has 0 aromatic heterocycles. The molecule has 0 radical (unpaired) electrons. The highest BCUT2D eigenvalue weighted by molar-refractivity contribution is 7.85. The normalized spacial score (nSPS) is 18.9. The summed E-state index contributed by atoms with van der Waals surface area (Å²) in [7, 11) is -0.353. The van der Waals surface area contributed by atoms with Crippen LogP contribution in [0.3, 0.4) is 0 Å². The summed E-state index contributed by atoms with van der Waals surface area (Å²) in [6.45, 7) is 14.3. The zero-order valence-corrected chi connectivity index (χ0v) is 20.7. The maximum Gasteiger partial charge on any atom is 0.408 e. The number of amides is 2. The highest BCUT2D eigenvalue weighted by Gasteiger charge is 2.32. The standard InChI is InChI=1S/C23H30FN3O5S.2H2/c1-9-18(22(2,3)4)31-20(25-8)13-10-15-17(11-14(13)24)33(30)12-16(19(28)26-15)27-21(29)32-23(5,6)7;;/h10-11,16H,1,12H2,2-8H3,(H,26,28)(H,27,29);2*1H/t16-,33?;;/m0../s1. The molecule has 1 heterocycles. The van der Waals surface area contributed by atoms with Crippen molar-refractivity contribution in [1.29, 1.82) is 0 Å². The van der Waals surface area contributed by atoms with Gasteiger partial charge in [0.2, 0.25) is 11.8 Å². The minimum atomic E-state index is -1.78. The fourth-order valence-corrected chi connectivity index (χ4v) is 4.18. The molecule has 0 saturated carbocycles. The molecule has 8 nitrogen and oxygen atoms in total. The van der Waals surface area contributed by atoms with E-state index in [0.717, 1.165) is 6.07 Å². The maximum absolute atomic E-state index is 15.0. The molecular formula is C23H34FN3O5S. The molecule has 1 aliphatic heterocycles. The van der Waals surface area contributed by atoms with Crippen molar-refractivity contribution in [3.63, 3.8) is 0 Å². The Hall–Kier alpha value is -2.97. The second kappa shape index (κ2) is 9.89. The summed E-state index contributed by atoms with van der Waals surface area (Å²) in [6, 6.07) is 1.24. The maximum atomic E-state index is 15.0. The number of hydrogen-bond donors (Lipinski definition) is 2. The van der Waals surface area contributed by atoms with E-state index in [1.807, 2.05) is 20.8 Å².